The van der Waals surface area contributed by atoms with E-state index < -0.39 is 0 Å². The van der Waals surface area contributed by atoms with Gasteiger partial charge in [0, 0.05) is 10.9 Å². The molecule has 0 saturated heterocycles. The van der Waals surface area contributed by atoms with E-state index in [1.165, 1.54) is 11.3 Å². The van der Waals surface area contributed by atoms with E-state index in [9.17, 15) is 4.79 Å². The number of hydrogen-bond acceptors (Lipinski definition) is 5. The van der Waals surface area contributed by atoms with Crippen molar-refractivity contribution in [1.29, 1.82) is 0 Å². The van der Waals surface area contributed by atoms with Gasteiger partial charge in [-0.05, 0) is 37.1 Å². The molecule has 0 aliphatic heterocycles. The molecule has 4 nitrogen and oxygen atoms in total. The number of benzene rings is 1. The Morgan fingerprint density at radius 2 is 2.15 bits per heavy atom. The molecule has 0 saturated carbocycles. The minimum absolute atomic E-state index is 0.329. The number of anilines is 1. The number of carbonyl (C=O) groups is 1. The number of nitrogens with two attached hydrogens (primary N) is 1. The minimum atomic E-state index is -0.380. The van der Waals surface area contributed by atoms with Crippen LogP contribution in [0.5, 0.6) is 5.75 Å². The third kappa shape index (κ3) is 2.63. The number of carbonyl (C=O) groups excluding carboxylic acids is 1. The molecule has 0 spiro atoms. The van der Waals surface area contributed by atoms with E-state index in [2.05, 4.69) is 0 Å². The van der Waals surface area contributed by atoms with Crippen LogP contribution in [-0.4, -0.2) is 19.7 Å². The fourth-order valence-electron chi connectivity index (χ4n) is 2.05. The second-order valence-corrected chi connectivity index (χ2v) is 5.20. The number of rotatable bonds is 4. The summed E-state index contributed by atoms with van der Waals surface area (Å²) >= 11 is 1.34. The SMILES string of the molecule is CCOC(=O)c1c(-c2ccc(OC)c(C)c2)csc1N. The Kier molecular flexibility index (Phi) is 4.29. The summed E-state index contributed by atoms with van der Waals surface area (Å²) in [5.74, 6) is 0.435. The Morgan fingerprint density at radius 1 is 1.40 bits per heavy atom. The first kappa shape index (κ1) is 14.4. The molecule has 0 radical (unpaired) electrons. The van der Waals surface area contributed by atoms with Crippen LogP contribution in [0.15, 0.2) is 23.6 Å². The van der Waals surface area contributed by atoms with Gasteiger partial charge in [0.05, 0.1) is 13.7 Å². The number of thiophene rings is 1. The van der Waals surface area contributed by atoms with Crippen LogP contribution >= 0.6 is 11.3 Å². The lowest BCUT2D eigenvalue weighted by Gasteiger charge is -2.09. The van der Waals surface area contributed by atoms with Crippen molar-refractivity contribution in [2.75, 3.05) is 19.5 Å². The molecule has 2 aromatic rings. The van der Waals surface area contributed by atoms with Crippen LogP contribution in [0.25, 0.3) is 11.1 Å². The van der Waals surface area contributed by atoms with E-state index in [1.54, 1.807) is 14.0 Å². The molecule has 1 aromatic carbocycles. The van der Waals surface area contributed by atoms with Gasteiger partial charge < -0.3 is 15.2 Å². The second-order valence-electron chi connectivity index (χ2n) is 4.29. The third-order valence-electron chi connectivity index (χ3n) is 3.00. The summed E-state index contributed by atoms with van der Waals surface area (Å²) in [5, 5.41) is 2.36. The average molecular weight is 291 g/mol. The molecule has 0 fully saturated rings. The predicted octanol–water partition coefficient (Wildman–Crippen LogP) is 3.49. The second kappa shape index (κ2) is 5.96. The van der Waals surface area contributed by atoms with Crippen LogP contribution < -0.4 is 10.5 Å². The van der Waals surface area contributed by atoms with Gasteiger partial charge in [-0.2, -0.15) is 0 Å². The quantitative estimate of drug-likeness (QED) is 0.876. The maximum Gasteiger partial charge on any atom is 0.341 e. The standard InChI is InChI=1S/C15H17NO3S/c1-4-19-15(17)13-11(8-20-14(13)16)10-5-6-12(18-3)9(2)7-10/h5-8H,4,16H2,1-3H3. The number of nitrogen functional groups attached to an aromatic ring is 1. The highest BCUT2D eigenvalue weighted by Gasteiger charge is 2.20. The molecule has 1 heterocycles. The van der Waals surface area contributed by atoms with E-state index in [-0.39, 0.29) is 5.97 Å². The number of esters is 1. The van der Waals surface area contributed by atoms with Crippen LogP contribution in [0.1, 0.15) is 22.8 Å². The van der Waals surface area contributed by atoms with Crippen LogP contribution in [0.4, 0.5) is 5.00 Å². The van der Waals surface area contributed by atoms with Gasteiger partial charge in [-0.25, -0.2) is 4.79 Å². The highest BCUT2D eigenvalue weighted by molar-refractivity contribution is 7.14. The summed E-state index contributed by atoms with van der Waals surface area (Å²) in [6, 6.07) is 5.77. The third-order valence-corrected chi connectivity index (χ3v) is 3.82. The number of hydrogen-bond donors (Lipinski definition) is 1. The maximum absolute atomic E-state index is 12.0. The Bertz CT molecular complexity index is 634. The van der Waals surface area contributed by atoms with Crippen LogP contribution in [-0.2, 0) is 4.74 Å². The zero-order valence-corrected chi connectivity index (χ0v) is 12.5. The molecule has 0 aliphatic carbocycles. The van der Waals surface area contributed by atoms with Crippen LogP contribution in [0, 0.1) is 6.92 Å². The molecule has 1 aromatic heterocycles. The molecule has 0 aliphatic rings. The van der Waals surface area contributed by atoms with Gasteiger partial charge in [0.25, 0.3) is 0 Å². The molecule has 2 rings (SSSR count). The molecule has 20 heavy (non-hydrogen) atoms. The van der Waals surface area contributed by atoms with E-state index in [0.717, 1.165) is 22.4 Å². The van der Waals surface area contributed by atoms with Crippen molar-refractivity contribution in [2.45, 2.75) is 13.8 Å². The zero-order chi connectivity index (χ0) is 14.7. The van der Waals surface area contributed by atoms with Crippen molar-refractivity contribution < 1.29 is 14.3 Å². The van der Waals surface area contributed by atoms with Crippen molar-refractivity contribution in [3.05, 3.63) is 34.7 Å². The number of methoxy groups -OCH3 is 1. The summed E-state index contributed by atoms with van der Waals surface area (Å²) in [6.07, 6.45) is 0. The molecule has 5 heteroatoms. The van der Waals surface area contributed by atoms with E-state index in [0.29, 0.717) is 17.2 Å². The summed E-state index contributed by atoms with van der Waals surface area (Å²) in [4.78, 5) is 12.0. The van der Waals surface area contributed by atoms with Crippen molar-refractivity contribution in [3.63, 3.8) is 0 Å². The maximum atomic E-state index is 12.0. The number of ether oxygens (including phenoxy) is 2. The lowest BCUT2D eigenvalue weighted by atomic mass is 10.0. The Labute approximate surface area is 122 Å². The fourth-order valence-corrected chi connectivity index (χ4v) is 2.86. The fraction of sp³-hybridized carbons (Fsp3) is 0.267. The molecule has 0 bridgehead atoms. The van der Waals surface area contributed by atoms with Gasteiger partial charge in [0.1, 0.15) is 16.3 Å². The van der Waals surface area contributed by atoms with Gasteiger partial charge in [-0.15, -0.1) is 11.3 Å². The Morgan fingerprint density at radius 3 is 2.75 bits per heavy atom. The van der Waals surface area contributed by atoms with Crippen LogP contribution in [0.3, 0.4) is 0 Å². The van der Waals surface area contributed by atoms with E-state index >= 15 is 0 Å². The van der Waals surface area contributed by atoms with Gasteiger partial charge in [-0.1, -0.05) is 6.07 Å². The van der Waals surface area contributed by atoms with Crippen LogP contribution in [0.2, 0.25) is 0 Å². The minimum Gasteiger partial charge on any atom is -0.496 e. The molecule has 0 amide bonds. The summed E-state index contributed by atoms with van der Waals surface area (Å²) < 4.78 is 10.3. The first-order valence-corrected chi connectivity index (χ1v) is 7.15. The molecule has 2 N–H and O–H groups in total. The summed E-state index contributed by atoms with van der Waals surface area (Å²) in [5.41, 5.74) is 9.08. The Hall–Kier alpha value is -2.01. The van der Waals surface area contributed by atoms with Crippen molar-refractivity contribution in [1.82, 2.24) is 0 Å². The first-order valence-electron chi connectivity index (χ1n) is 6.27. The molecular weight excluding hydrogens is 274 g/mol. The molecular formula is C15H17NO3S. The highest BCUT2D eigenvalue weighted by atomic mass is 32.1. The van der Waals surface area contributed by atoms with Crippen molar-refractivity contribution >= 4 is 22.3 Å². The van der Waals surface area contributed by atoms with Gasteiger partial charge >= 0.3 is 5.97 Å². The monoisotopic (exact) mass is 291 g/mol. The smallest absolute Gasteiger partial charge is 0.341 e. The van der Waals surface area contributed by atoms with Crippen molar-refractivity contribution in [3.8, 4) is 16.9 Å². The highest BCUT2D eigenvalue weighted by Crippen LogP contribution is 2.35. The normalized spacial score (nSPS) is 10.3. The van der Waals surface area contributed by atoms with Gasteiger partial charge in [0.2, 0.25) is 0 Å². The zero-order valence-electron chi connectivity index (χ0n) is 11.7. The molecule has 106 valence electrons. The van der Waals surface area contributed by atoms with E-state index in [4.69, 9.17) is 15.2 Å². The number of aryl methyl sites for hydroxylation is 1. The lowest BCUT2D eigenvalue weighted by Crippen LogP contribution is -2.07. The summed E-state index contributed by atoms with van der Waals surface area (Å²) in [7, 11) is 1.63. The topological polar surface area (TPSA) is 61.5 Å². The van der Waals surface area contributed by atoms with E-state index in [1.807, 2.05) is 30.5 Å². The summed E-state index contributed by atoms with van der Waals surface area (Å²) in [6.45, 7) is 4.06. The molecule has 0 atom stereocenters. The van der Waals surface area contributed by atoms with Crippen molar-refractivity contribution in [2.24, 2.45) is 0 Å². The first-order chi connectivity index (χ1) is 9.58. The van der Waals surface area contributed by atoms with Gasteiger partial charge in [-0.3, -0.25) is 0 Å². The predicted molar refractivity (Wildman–Crippen MR) is 81.4 cm³/mol. The largest absolute Gasteiger partial charge is 0.496 e. The van der Waals surface area contributed by atoms with Gasteiger partial charge in [0.15, 0.2) is 0 Å². The molecule has 0 unspecified atom stereocenters. The average Bonchev–Trinajstić information content (AvgIpc) is 2.81. The Balaban J connectivity index is 2.48. The lowest BCUT2D eigenvalue weighted by molar-refractivity contribution is 0.0529.